The van der Waals surface area contributed by atoms with Gasteiger partial charge in [0.25, 0.3) is 5.91 Å². The molecule has 1 aliphatic carbocycles. The maximum absolute atomic E-state index is 12.6. The van der Waals surface area contributed by atoms with Crippen LogP contribution < -0.4 is 0 Å². The van der Waals surface area contributed by atoms with Crippen LogP contribution in [0.2, 0.25) is 0 Å². The molecule has 0 saturated heterocycles. The molecule has 0 radical (unpaired) electrons. The molecule has 0 aliphatic heterocycles. The summed E-state index contributed by atoms with van der Waals surface area (Å²) in [5.74, 6) is -1.22. The number of hydrogen-bond acceptors (Lipinski definition) is 3. The van der Waals surface area contributed by atoms with E-state index in [1.54, 1.807) is 42.0 Å². The molecule has 2 heterocycles. The second-order valence-electron chi connectivity index (χ2n) is 5.07. The molecular formula is C14H15N3O3. The molecule has 1 N–H and O–H groups in total. The van der Waals surface area contributed by atoms with Crippen molar-refractivity contribution in [2.75, 3.05) is 0 Å². The van der Waals surface area contributed by atoms with Gasteiger partial charge in [0.05, 0.1) is 5.56 Å². The zero-order chi connectivity index (χ0) is 14.3. The van der Waals surface area contributed by atoms with Crippen molar-refractivity contribution in [3.63, 3.8) is 0 Å². The van der Waals surface area contributed by atoms with Gasteiger partial charge < -0.3 is 14.4 Å². The summed E-state index contributed by atoms with van der Waals surface area (Å²) >= 11 is 0. The Morgan fingerprint density at radius 1 is 1.45 bits per heavy atom. The zero-order valence-corrected chi connectivity index (χ0v) is 11.1. The second-order valence-corrected chi connectivity index (χ2v) is 5.07. The van der Waals surface area contributed by atoms with Gasteiger partial charge in [0.15, 0.2) is 0 Å². The number of imidazole rings is 1. The molecule has 3 rings (SSSR count). The number of fused-ring (bicyclic) bond motifs is 1. The van der Waals surface area contributed by atoms with Crippen molar-refractivity contribution < 1.29 is 14.7 Å². The number of aliphatic carboxylic acids is 1. The summed E-state index contributed by atoms with van der Waals surface area (Å²) in [5.41, 5.74) is 1.24. The summed E-state index contributed by atoms with van der Waals surface area (Å²) in [7, 11) is 0. The summed E-state index contributed by atoms with van der Waals surface area (Å²) < 4.78 is 1.75. The lowest BCUT2D eigenvalue weighted by Crippen LogP contribution is -2.44. The lowest BCUT2D eigenvalue weighted by molar-refractivity contribution is -0.141. The Balaban J connectivity index is 1.94. The van der Waals surface area contributed by atoms with Gasteiger partial charge in [0.1, 0.15) is 11.7 Å². The minimum absolute atomic E-state index is 0.0482. The van der Waals surface area contributed by atoms with Gasteiger partial charge in [-0.15, -0.1) is 0 Å². The van der Waals surface area contributed by atoms with Gasteiger partial charge in [-0.25, -0.2) is 9.78 Å². The van der Waals surface area contributed by atoms with Crippen LogP contribution in [0.4, 0.5) is 0 Å². The van der Waals surface area contributed by atoms with Crippen molar-refractivity contribution in [1.29, 1.82) is 0 Å². The van der Waals surface area contributed by atoms with E-state index in [4.69, 9.17) is 5.11 Å². The van der Waals surface area contributed by atoms with Crippen molar-refractivity contribution in [2.45, 2.75) is 31.8 Å². The minimum atomic E-state index is -0.978. The average molecular weight is 273 g/mol. The number of carboxylic acid groups (broad SMARTS) is 1. The van der Waals surface area contributed by atoms with E-state index >= 15 is 0 Å². The Kier molecular flexibility index (Phi) is 2.93. The van der Waals surface area contributed by atoms with Crippen LogP contribution in [0.15, 0.2) is 30.7 Å². The Morgan fingerprint density at radius 2 is 2.20 bits per heavy atom. The standard InChI is InChI=1S/C14H15N3O3/c1-9(14(19)20)17(11-3-4-11)13(18)10-2-5-12-15-6-7-16(12)8-10/h2,5-9,11H,3-4H2,1H3,(H,19,20). The normalized spacial score (nSPS) is 16.1. The van der Waals surface area contributed by atoms with E-state index in [-0.39, 0.29) is 11.9 Å². The molecule has 0 bridgehead atoms. The highest BCUT2D eigenvalue weighted by molar-refractivity contribution is 5.97. The van der Waals surface area contributed by atoms with Crippen LogP contribution in [0.5, 0.6) is 0 Å². The largest absolute Gasteiger partial charge is 0.480 e. The quantitative estimate of drug-likeness (QED) is 0.914. The number of carboxylic acids is 1. The van der Waals surface area contributed by atoms with Crippen molar-refractivity contribution in [3.8, 4) is 0 Å². The first-order valence-electron chi connectivity index (χ1n) is 6.56. The maximum atomic E-state index is 12.6. The van der Waals surface area contributed by atoms with Crippen molar-refractivity contribution in [2.24, 2.45) is 0 Å². The molecule has 104 valence electrons. The average Bonchev–Trinajstić information content (AvgIpc) is 3.14. The van der Waals surface area contributed by atoms with Gasteiger partial charge in [0.2, 0.25) is 0 Å². The zero-order valence-electron chi connectivity index (χ0n) is 11.1. The van der Waals surface area contributed by atoms with Crippen LogP contribution >= 0.6 is 0 Å². The number of carbonyl (C=O) groups excluding carboxylic acids is 1. The molecule has 2 aromatic heterocycles. The fraction of sp³-hybridized carbons (Fsp3) is 0.357. The molecule has 0 aromatic carbocycles. The van der Waals surface area contributed by atoms with E-state index in [0.29, 0.717) is 5.56 Å². The van der Waals surface area contributed by atoms with Gasteiger partial charge >= 0.3 is 5.97 Å². The van der Waals surface area contributed by atoms with Crippen LogP contribution in [-0.2, 0) is 4.79 Å². The molecule has 6 nitrogen and oxygen atoms in total. The molecule has 20 heavy (non-hydrogen) atoms. The molecule has 1 saturated carbocycles. The number of rotatable bonds is 4. The molecule has 0 spiro atoms. The highest BCUT2D eigenvalue weighted by Gasteiger charge is 2.38. The number of carbonyl (C=O) groups is 2. The predicted octanol–water partition coefficient (Wildman–Crippen LogP) is 1.41. The SMILES string of the molecule is CC(C(=O)O)N(C(=O)c1ccc2nccn2c1)C1CC1. The topological polar surface area (TPSA) is 74.9 Å². The summed E-state index contributed by atoms with van der Waals surface area (Å²) in [6.07, 6.45) is 6.85. The van der Waals surface area contributed by atoms with Crippen molar-refractivity contribution in [1.82, 2.24) is 14.3 Å². The van der Waals surface area contributed by atoms with E-state index in [0.717, 1.165) is 18.5 Å². The number of pyridine rings is 1. The van der Waals surface area contributed by atoms with Crippen LogP contribution in [0.25, 0.3) is 5.65 Å². The van der Waals surface area contributed by atoms with Gasteiger partial charge in [-0.05, 0) is 31.9 Å². The van der Waals surface area contributed by atoms with E-state index < -0.39 is 12.0 Å². The number of nitrogens with zero attached hydrogens (tertiary/aromatic N) is 3. The third kappa shape index (κ3) is 2.13. The lowest BCUT2D eigenvalue weighted by atomic mass is 10.2. The minimum Gasteiger partial charge on any atom is -0.480 e. The molecular weight excluding hydrogens is 258 g/mol. The number of amides is 1. The van der Waals surface area contributed by atoms with Crippen LogP contribution in [-0.4, -0.2) is 43.4 Å². The fourth-order valence-electron chi connectivity index (χ4n) is 2.33. The Bertz CT molecular complexity index is 675. The fourth-order valence-corrected chi connectivity index (χ4v) is 2.33. The third-order valence-electron chi connectivity index (χ3n) is 3.59. The van der Waals surface area contributed by atoms with Crippen molar-refractivity contribution in [3.05, 3.63) is 36.3 Å². The Morgan fingerprint density at radius 3 is 2.85 bits per heavy atom. The highest BCUT2D eigenvalue weighted by Crippen LogP contribution is 2.30. The summed E-state index contributed by atoms with van der Waals surface area (Å²) in [5, 5.41) is 9.15. The van der Waals surface area contributed by atoms with Gasteiger partial charge in [-0.3, -0.25) is 4.79 Å². The summed E-state index contributed by atoms with van der Waals surface area (Å²) in [4.78, 5) is 29.3. The first-order valence-corrected chi connectivity index (χ1v) is 6.56. The predicted molar refractivity (Wildman–Crippen MR) is 71.5 cm³/mol. The first kappa shape index (κ1) is 12.7. The maximum Gasteiger partial charge on any atom is 0.326 e. The van der Waals surface area contributed by atoms with E-state index in [1.807, 2.05) is 0 Å². The van der Waals surface area contributed by atoms with Crippen LogP contribution in [0.3, 0.4) is 0 Å². The van der Waals surface area contributed by atoms with Crippen LogP contribution in [0.1, 0.15) is 30.1 Å². The Labute approximate surface area is 115 Å². The smallest absolute Gasteiger partial charge is 0.326 e. The van der Waals surface area contributed by atoms with E-state index in [1.165, 1.54) is 4.90 Å². The summed E-state index contributed by atoms with van der Waals surface area (Å²) in [6, 6.07) is 2.68. The monoisotopic (exact) mass is 273 g/mol. The molecule has 1 atom stereocenters. The molecule has 2 aromatic rings. The molecule has 1 aliphatic rings. The lowest BCUT2D eigenvalue weighted by Gasteiger charge is -2.26. The Hall–Kier alpha value is -2.37. The third-order valence-corrected chi connectivity index (χ3v) is 3.59. The second kappa shape index (κ2) is 4.63. The van der Waals surface area contributed by atoms with Crippen LogP contribution in [0, 0.1) is 0 Å². The highest BCUT2D eigenvalue weighted by atomic mass is 16.4. The number of aromatic nitrogens is 2. The van der Waals surface area contributed by atoms with E-state index in [2.05, 4.69) is 4.98 Å². The van der Waals surface area contributed by atoms with E-state index in [9.17, 15) is 9.59 Å². The molecule has 1 fully saturated rings. The molecule has 6 heteroatoms. The van der Waals surface area contributed by atoms with Gasteiger partial charge in [-0.2, -0.15) is 0 Å². The summed E-state index contributed by atoms with van der Waals surface area (Å²) in [6.45, 7) is 1.55. The van der Waals surface area contributed by atoms with Crippen molar-refractivity contribution >= 4 is 17.5 Å². The van der Waals surface area contributed by atoms with Gasteiger partial charge in [-0.1, -0.05) is 0 Å². The molecule has 1 unspecified atom stereocenters. The molecule has 1 amide bonds. The first-order chi connectivity index (χ1) is 9.58. The van der Waals surface area contributed by atoms with Gasteiger partial charge in [0, 0.05) is 24.6 Å². The number of hydrogen-bond donors (Lipinski definition) is 1.